The number of aromatic nitrogens is 2. The Morgan fingerprint density at radius 3 is 3.00 bits per heavy atom. The lowest BCUT2D eigenvalue weighted by atomic mass is 9.83. The van der Waals surface area contributed by atoms with Crippen molar-refractivity contribution >= 4 is 11.0 Å². The average Bonchev–Trinajstić information content (AvgIpc) is 2.39. The van der Waals surface area contributed by atoms with Gasteiger partial charge in [0.05, 0.1) is 11.0 Å². The molecule has 0 saturated heterocycles. The Morgan fingerprint density at radius 1 is 1.33 bits per heavy atom. The second kappa shape index (κ2) is 4.53. The van der Waals surface area contributed by atoms with Gasteiger partial charge in [0.2, 0.25) is 0 Å². The van der Waals surface area contributed by atoms with E-state index in [9.17, 15) is 4.79 Å². The van der Waals surface area contributed by atoms with Gasteiger partial charge in [0.15, 0.2) is 0 Å². The van der Waals surface area contributed by atoms with Gasteiger partial charge in [-0.2, -0.15) is 0 Å². The largest absolute Gasteiger partial charge is 0.327 e. The molecule has 0 aliphatic heterocycles. The van der Waals surface area contributed by atoms with Crippen molar-refractivity contribution in [1.82, 2.24) is 9.97 Å². The molecule has 3 rings (SSSR count). The number of aromatic amines is 1. The van der Waals surface area contributed by atoms with E-state index >= 15 is 0 Å². The molecule has 93 valence electrons. The van der Waals surface area contributed by atoms with E-state index < -0.39 is 0 Å². The molecule has 4 heteroatoms. The maximum Gasteiger partial charge on any atom is 0.270 e. The van der Waals surface area contributed by atoms with Gasteiger partial charge in [0, 0.05) is 12.0 Å². The van der Waals surface area contributed by atoms with Crippen LogP contribution in [0.2, 0.25) is 0 Å². The van der Waals surface area contributed by atoms with Crippen molar-refractivity contribution in [2.45, 2.75) is 31.2 Å². The van der Waals surface area contributed by atoms with Crippen LogP contribution < -0.4 is 11.3 Å². The molecule has 1 aromatic carbocycles. The molecule has 1 aromatic heterocycles. The molecular weight excluding hydrogens is 226 g/mol. The lowest BCUT2D eigenvalue weighted by molar-refractivity contribution is 0.450. The number of benzene rings is 1. The van der Waals surface area contributed by atoms with Gasteiger partial charge in [0.1, 0.15) is 5.69 Å². The molecule has 1 heterocycles. The summed E-state index contributed by atoms with van der Waals surface area (Å²) in [5.41, 5.74) is 8.13. The van der Waals surface area contributed by atoms with Gasteiger partial charge in [-0.25, -0.2) is 4.98 Å². The van der Waals surface area contributed by atoms with Crippen molar-refractivity contribution in [2.24, 2.45) is 5.73 Å². The molecule has 0 bridgehead atoms. The number of H-pyrrole nitrogens is 1. The van der Waals surface area contributed by atoms with Gasteiger partial charge in [-0.05, 0) is 31.4 Å². The predicted molar refractivity (Wildman–Crippen MR) is 71.2 cm³/mol. The predicted octanol–water partition coefficient (Wildman–Crippen LogP) is 1.72. The van der Waals surface area contributed by atoms with E-state index in [2.05, 4.69) is 16.4 Å². The zero-order valence-corrected chi connectivity index (χ0v) is 10.1. The zero-order valence-electron chi connectivity index (χ0n) is 10.1. The van der Waals surface area contributed by atoms with Gasteiger partial charge in [-0.15, -0.1) is 0 Å². The van der Waals surface area contributed by atoms with Crippen molar-refractivity contribution in [3.05, 3.63) is 46.7 Å². The van der Waals surface area contributed by atoms with Crippen LogP contribution in [-0.4, -0.2) is 16.0 Å². The minimum Gasteiger partial charge on any atom is -0.327 e. The summed E-state index contributed by atoms with van der Waals surface area (Å²) in [6.07, 6.45) is 5.19. The van der Waals surface area contributed by atoms with Gasteiger partial charge in [0.25, 0.3) is 5.56 Å². The molecule has 3 N–H and O–H groups in total. The summed E-state index contributed by atoms with van der Waals surface area (Å²) in [5, 5.41) is 0. The van der Waals surface area contributed by atoms with Crippen molar-refractivity contribution in [1.29, 1.82) is 0 Å². The number of rotatable bonds is 1. The first-order valence-corrected chi connectivity index (χ1v) is 6.33. The fourth-order valence-electron chi connectivity index (χ4n) is 2.59. The van der Waals surface area contributed by atoms with Crippen LogP contribution in [-0.2, 0) is 0 Å². The van der Waals surface area contributed by atoms with E-state index in [0.717, 1.165) is 30.3 Å². The summed E-state index contributed by atoms with van der Waals surface area (Å²) in [5.74, 6) is -0.0212. The standard InChI is InChI=1S/C14H16N3O/c15-10-6-2-1-5-9(10)13-14(18)17-12-8-4-3-7-11(12)16-13/h3-5,7-10H,1-2,6,15H2,(H,17,18). The van der Waals surface area contributed by atoms with Gasteiger partial charge >= 0.3 is 0 Å². The molecule has 18 heavy (non-hydrogen) atoms. The van der Waals surface area contributed by atoms with E-state index in [1.807, 2.05) is 24.3 Å². The monoisotopic (exact) mass is 242 g/mol. The van der Waals surface area contributed by atoms with Crippen LogP contribution >= 0.6 is 0 Å². The lowest BCUT2D eigenvalue weighted by Crippen LogP contribution is -2.35. The molecule has 1 radical (unpaired) electrons. The highest BCUT2D eigenvalue weighted by atomic mass is 16.1. The van der Waals surface area contributed by atoms with Crippen LogP contribution in [0.3, 0.4) is 0 Å². The van der Waals surface area contributed by atoms with Gasteiger partial charge in [-0.1, -0.05) is 18.6 Å². The van der Waals surface area contributed by atoms with E-state index in [4.69, 9.17) is 5.73 Å². The van der Waals surface area contributed by atoms with Crippen LogP contribution in [0.1, 0.15) is 30.9 Å². The summed E-state index contributed by atoms with van der Waals surface area (Å²) in [6, 6.07) is 7.58. The smallest absolute Gasteiger partial charge is 0.270 e. The van der Waals surface area contributed by atoms with Crippen LogP contribution in [0.25, 0.3) is 11.0 Å². The molecule has 0 amide bonds. The first-order valence-electron chi connectivity index (χ1n) is 6.33. The third-order valence-corrected chi connectivity index (χ3v) is 3.56. The number of fused-ring (bicyclic) bond motifs is 1. The molecule has 1 fully saturated rings. The molecule has 2 atom stereocenters. The molecule has 2 aromatic rings. The highest BCUT2D eigenvalue weighted by molar-refractivity contribution is 5.73. The van der Waals surface area contributed by atoms with E-state index in [1.165, 1.54) is 0 Å². The topological polar surface area (TPSA) is 71.8 Å². The molecular formula is C14H16N3O. The summed E-state index contributed by atoms with van der Waals surface area (Å²) < 4.78 is 0. The third-order valence-electron chi connectivity index (χ3n) is 3.56. The summed E-state index contributed by atoms with van der Waals surface area (Å²) in [4.78, 5) is 19.5. The number of para-hydroxylation sites is 2. The first kappa shape index (κ1) is 11.4. The quantitative estimate of drug-likeness (QED) is 0.799. The number of nitrogens with two attached hydrogens (primary N) is 1. The van der Waals surface area contributed by atoms with Crippen molar-refractivity contribution < 1.29 is 0 Å². The normalized spacial score (nSPS) is 24.3. The van der Waals surface area contributed by atoms with Gasteiger partial charge in [-0.3, -0.25) is 4.79 Å². The average molecular weight is 242 g/mol. The van der Waals surface area contributed by atoms with Crippen LogP contribution in [0.4, 0.5) is 0 Å². The summed E-state index contributed by atoms with van der Waals surface area (Å²) >= 11 is 0. The number of hydrogen-bond donors (Lipinski definition) is 2. The first-order chi connectivity index (χ1) is 8.75. The molecule has 1 saturated carbocycles. The third kappa shape index (κ3) is 1.93. The van der Waals surface area contributed by atoms with E-state index in [0.29, 0.717) is 5.69 Å². The minimum atomic E-state index is -0.118. The highest BCUT2D eigenvalue weighted by Gasteiger charge is 2.27. The van der Waals surface area contributed by atoms with Crippen molar-refractivity contribution in [3.8, 4) is 0 Å². The molecule has 2 unspecified atom stereocenters. The maximum absolute atomic E-state index is 12.1. The summed E-state index contributed by atoms with van der Waals surface area (Å²) in [7, 11) is 0. The summed E-state index contributed by atoms with van der Waals surface area (Å²) in [6.45, 7) is 0. The molecule has 4 nitrogen and oxygen atoms in total. The minimum absolute atomic E-state index is 0.00788. The Morgan fingerprint density at radius 2 is 2.17 bits per heavy atom. The van der Waals surface area contributed by atoms with Crippen molar-refractivity contribution in [3.63, 3.8) is 0 Å². The number of hydrogen-bond acceptors (Lipinski definition) is 3. The Labute approximate surface area is 105 Å². The molecule has 1 aliphatic rings. The van der Waals surface area contributed by atoms with E-state index in [-0.39, 0.29) is 17.5 Å². The molecule has 0 spiro atoms. The fraction of sp³-hybridized carbons (Fsp3) is 0.357. The second-order valence-electron chi connectivity index (χ2n) is 4.82. The fourth-order valence-corrected chi connectivity index (χ4v) is 2.59. The SMILES string of the molecule is NC1CCC[CH]C1c1nc2ccccc2[nH]c1=O. The zero-order chi connectivity index (χ0) is 12.5. The highest BCUT2D eigenvalue weighted by Crippen LogP contribution is 2.28. The Hall–Kier alpha value is -1.68. The Kier molecular flexibility index (Phi) is 2.88. The Bertz CT molecular complexity index is 620. The maximum atomic E-state index is 12.1. The van der Waals surface area contributed by atoms with Crippen LogP contribution in [0, 0.1) is 6.42 Å². The molecule has 1 aliphatic carbocycles. The van der Waals surface area contributed by atoms with Crippen LogP contribution in [0.5, 0.6) is 0 Å². The second-order valence-corrected chi connectivity index (χ2v) is 4.82. The Balaban J connectivity index is 2.10. The lowest BCUT2D eigenvalue weighted by Gasteiger charge is -2.27. The van der Waals surface area contributed by atoms with E-state index in [1.54, 1.807) is 0 Å². The van der Waals surface area contributed by atoms with Gasteiger partial charge < -0.3 is 10.7 Å². The van der Waals surface area contributed by atoms with Crippen LogP contribution in [0.15, 0.2) is 29.1 Å². The number of nitrogens with one attached hydrogen (secondary N) is 1. The number of nitrogens with zero attached hydrogens (tertiary/aromatic N) is 1. The van der Waals surface area contributed by atoms with Crippen molar-refractivity contribution in [2.75, 3.05) is 0 Å².